The van der Waals surface area contributed by atoms with E-state index in [0.717, 1.165) is 36.0 Å². The second-order valence-corrected chi connectivity index (χ2v) is 5.81. The smallest absolute Gasteiger partial charge is 0.0808 e. The summed E-state index contributed by atoms with van der Waals surface area (Å²) in [7, 11) is 0. The highest BCUT2D eigenvalue weighted by molar-refractivity contribution is 9.10. The number of hydrogen-bond donors (Lipinski definition) is 1. The molecule has 0 aromatic carbocycles. The minimum Gasteiger partial charge on any atom is -0.374 e. The Hall–Kier alpha value is -0.450. The molecule has 2 N–H and O–H groups in total. The lowest BCUT2D eigenvalue weighted by Crippen LogP contribution is -2.50. The van der Waals surface area contributed by atoms with E-state index in [0.29, 0.717) is 0 Å². The van der Waals surface area contributed by atoms with Crippen LogP contribution < -0.4 is 5.73 Å². The van der Waals surface area contributed by atoms with Gasteiger partial charge in [0.15, 0.2) is 0 Å². The van der Waals surface area contributed by atoms with Crippen LogP contribution in [0.25, 0.3) is 0 Å². The fourth-order valence-corrected chi connectivity index (χ4v) is 2.45. The Morgan fingerprint density at radius 3 is 2.94 bits per heavy atom. The molecular formula is C13H19BrN2O. The van der Waals surface area contributed by atoms with Gasteiger partial charge in [-0.15, -0.1) is 0 Å². The van der Waals surface area contributed by atoms with E-state index in [2.05, 4.69) is 27.8 Å². The van der Waals surface area contributed by atoms with Crippen molar-refractivity contribution in [3.8, 4) is 0 Å². The fraction of sp³-hybridized carbons (Fsp3) is 0.615. The van der Waals surface area contributed by atoms with Crippen molar-refractivity contribution in [2.75, 3.05) is 6.61 Å². The minimum absolute atomic E-state index is 0.0106. The van der Waals surface area contributed by atoms with Gasteiger partial charge in [0.1, 0.15) is 0 Å². The zero-order valence-electron chi connectivity index (χ0n) is 10.2. The van der Waals surface area contributed by atoms with Crippen molar-refractivity contribution >= 4 is 15.9 Å². The van der Waals surface area contributed by atoms with Gasteiger partial charge >= 0.3 is 0 Å². The van der Waals surface area contributed by atoms with Crippen molar-refractivity contribution in [1.82, 2.24) is 4.98 Å². The molecule has 0 aliphatic carbocycles. The quantitative estimate of drug-likeness (QED) is 0.933. The van der Waals surface area contributed by atoms with E-state index in [-0.39, 0.29) is 11.6 Å². The van der Waals surface area contributed by atoms with Gasteiger partial charge in [-0.2, -0.15) is 0 Å². The number of nitrogens with zero attached hydrogens (tertiary/aromatic N) is 1. The van der Waals surface area contributed by atoms with E-state index in [1.165, 1.54) is 6.42 Å². The molecule has 2 atom stereocenters. The molecule has 1 aromatic rings. The highest BCUT2D eigenvalue weighted by atomic mass is 79.9. The maximum absolute atomic E-state index is 6.28. The van der Waals surface area contributed by atoms with Crippen molar-refractivity contribution in [2.24, 2.45) is 5.73 Å². The monoisotopic (exact) mass is 298 g/mol. The first-order valence-electron chi connectivity index (χ1n) is 6.10. The number of nitrogens with two attached hydrogens (primary N) is 1. The Balaban J connectivity index is 2.00. The lowest BCUT2D eigenvalue weighted by molar-refractivity contribution is -0.0809. The number of pyridine rings is 1. The summed E-state index contributed by atoms with van der Waals surface area (Å²) in [5.41, 5.74) is 7.11. The van der Waals surface area contributed by atoms with Gasteiger partial charge in [0.05, 0.1) is 5.60 Å². The van der Waals surface area contributed by atoms with Gasteiger partial charge in [-0.1, -0.05) is 0 Å². The van der Waals surface area contributed by atoms with Crippen LogP contribution >= 0.6 is 15.9 Å². The molecule has 0 bridgehead atoms. The molecule has 17 heavy (non-hydrogen) atoms. The van der Waals surface area contributed by atoms with Crippen molar-refractivity contribution in [1.29, 1.82) is 0 Å². The van der Waals surface area contributed by atoms with Crippen LogP contribution in [0.15, 0.2) is 22.8 Å². The van der Waals surface area contributed by atoms with Gasteiger partial charge < -0.3 is 10.5 Å². The predicted molar refractivity (Wildman–Crippen MR) is 71.8 cm³/mol. The summed E-state index contributed by atoms with van der Waals surface area (Å²) in [6.45, 7) is 2.95. The Morgan fingerprint density at radius 2 is 2.35 bits per heavy atom. The van der Waals surface area contributed by atoms with E-state index in [4.69, 9.17) is 10.5 Å². The van der Waals surface area contributed by atoms with Crippen molar-refractivity contribution in [3.63, 3.8) is 0 Å². The summed E-state index contributed by atoms with van der Waals surface area (Å²) in [4.78, 5) is 4.36. The topological polar surface area (TPSA) is 48.1 Å². The van der Waals surface area contributed by atoms with E-state index in [9.17, 15) is 0 Å². The van der Waals surface area contributed by atoms with Gasteiger partial charge in [0.25, 0.3) is 0 Å². The highest BCUT2D eigenvalue weighted by Crippen LogP contribution is 2.28. The molecule has 2 unspecified atom stereocenters. The highest BCUT2D eigenvalue weighted by Gasteiger charge is 2.34. The minimum atomic E-state index is -0.187. The predicted octanol–water partition coefficient (Wildman–Crippen LogP) is 2.67. The normalized spacial score (nSPS) is 26.8. The van der Waals surface area contributed by atoms with Gasteiger partial charge in [-0.25, -0.2) is 0 Å². The Bertz CT molecular complexity index is 360. The summed E-state index contributed by atoms with van der Waals surface area (Å²) in [6.07, 6.45) is 5.98. The zero-order chi connectivity index (χ0) is 12.3. The second kappa shape index (κ2) is 5.46. The second-order valence-electron chi connectivity index (χ2n) is 4.90. The summed E-state index contributed by atoms with van der Waals surface area (Å²) < 4.78 is 6.86. The SMILES string of the molecule is CC1(C(N)Cc2ccc(Br)cn2)CCCCO1. The molecule has 0 amide bonds. The molecule has 2 heterocycles. The average molecular weight is 299 g/mol. The van der Waals surface area contributed by atoms with Gasteiger partial charge in [-0.05, 0) is 54.2 Å². The molecule has 3 nitrogen and oxygen atoms in total. The van der Waals surface area contributed by atoms with Crippen LogP contribution in [-0.4, -0.2) is 23.2 Å². The van der Waals surface area contributed by atoms with Crippen molar-refractivity contribution in [2.45, 2.75) is 44.2 Å². The summed E-state index contributed by atoms with van der Waals surface area (Å²) in [5, 5.41) is 0. The van der Waals surface area contributed by atoms with Crippen LogP contribution in [-0.2, 0) is 11.2 Å². The van der Waals surface area contributed by atoms with Crippen molar-refractivity contribution in [3.05, 3.63) is 28.5 Å². The van der Waals surface area contributed by atoms with Crippen LogP contribution in [0.5, 0.6) is 0 Å². The third kappa shape index (κ3) is 3.27. The first kappa shape index (κ1) is 13.0. The Morgan fingerprint density at radius 1 is 1.53 bits per heavy atom. The first-order chi connectivity index (χ1) is 8.10. The van der Waals surface area contributed by atoms with Crippen LogP contribution in [0.2, 0.25) is 0 Å². The van der Waals surface area contributed by atoms with Crippen LogP contribution in [0.3, 0.4) is 0 Å². The molecule has 0 saturated carbocycles. The van der Waals surface area contributed by atoms with Crippen LogP contribution in [0.4, 0.5) is 0 Å². The molecule has 0 spiro atoms. The molecule has 1 saturated heterocycles. The molecule has 1 aliphatic heterocycles. The first-order valence-corrected chi connectivity index (χ1v) is 6.89. The lowest BCUT2D eigenvalue weighted by Gasteiger charge is -2.38. The summed E-state index contributed by atoms with van der Waals surface area (Å²) >= 11 is 3.38. The Kier molecular flexibility index (Phi) is 4.17. The van der Waals surface area contributed by atoms with Crippen LogP contribution in [0.1, 0.15) is 31.9 Å². The van der Waals surface area contributed by atoms with Gasteiger partial charge in [0, 0.05) is 35.4 Å². The number of halogens is 1. The van der Waals surface area contributed by atoms with Crippen LogP contribution in [0, 0.1) is 0 Å². The number of ether oxygens (including phenoxy) is 1. The van der Waals surface area contributed by atoms with Crippen molar-refractivity contribution < 1.29 is 4.74 Å². The maximum Gasteiger partial charge on any atom is 0.0808 e. The Labute approximate surface area is 111 Å². The molecule has 1 aliphatic rings. The zero-order valence-corrected chi connectivity index (χ0v) is 11.7. The number of aromatic nitrogens is 1. The van der Waals surface area contributed by atoms with Gasteiger partial charge in [0.2, 0.25) is 0 Å². The lowest BCUT2D eigenvalue weighted by atomic mass is 9.86. The molecule has 2 rings (SSSR count). The summed E-state index contributed by atoms with van der Waals surface area (Å²) in [6, 6.07) is 4.02. The standard InChI is InChI=1S/C13H19BrN2O/c1-13(6-2-3-7-17-13)12(15)8-11-5-4-10(14)9-16-11/h4-5,9,12H,2-3,6-8,15H2,1H3. The number of rotatable bonds is 3. The van der Waals surface area contributed by atoms with E-state index in [1.54, 1.807) is 0 Å². The fourth-order valence-electron chi connectivity index (χ4n) is 2.22. The molecule has 0 radical (unpaired) electrons. The van der Waals surface area contributed by atoms with E-state index >= 15 is 0 Å². The van der Waals surface area contributed by atoms with Gasteiger partial charge in [-0.3, -0.25) is 4.98 Å². The average Bonchev–Trinajstić information content (AvgIpc) is 2.33. The van der Waals surface area contributed by atoms with E-state index < -0.39 is 0 Å². The third-order valence-electron chi connectivity index (χ3n) is 3.50. The molecule has 1 aromatic heterocycles. The van der Waals surface area contributed by atoms with E-state index in [1.807, 2.05) is 18.3 Å². The summed E-state index contributed by atoms with van der Waals surface area (Å²) in [5.74, 6) is 0. The molecule has 4 heteroatoms. The maximum atomic E-state index is 6.28. The molecule has 94 valence electrons. The largest absolute Gasteiger partial charge is 0.374 e. The molecule has 1 fully saturated rings. The third-order valence-corrected chi connectivity index (χ3v) is 3.97. The number of hydrogen-bond acceptors (Lipinski definition) is 3. The molecular weight excluding hydrogens is 280 g/mol.